The maximum atomic E-state index is 11.7. The summed E-state index contributed by atoms with van der Waals surface area (Å²) in [5, 5.41) is 0. The Balaban J connectivity index is 2.49. The molecule has 0 aliphatic heterocycles. The normalized spacial score (nSPS) is 10.4. The minimum atomic E-state index is -0.0210. The van der Waals surface area contributed by atoms with Crippen LogP contribution in [0.1, 0.15) is 11.1 Å². The monoisotopic (exact) mass is 242 g/mol. The third-order valence-corrected chi connectivity index (χ3v) is 3.10. The summed E-state index contributed by atoms with van der Waals surface area (Å²) < 4.78 is 0. The Morgan fingerprint density at radius 2 is 1.61 bits per heavy atom. The third-order valence-electron chi connectivity index (χ3n) is 3.10. The van der Waals surface area contributed by atoms with Crippen LogP contribution in [-0.4, -0.2) is 19.1 Å². The Labute approximate surface area is 107 Å². The van der Waals surface area contributed by atoms with Gasteiger partial charge in [-0.15, -0.1) is 0 Å². The van der Waals surface area contributed by atoms with Gasteiger partial charge >= 0.3 is 0 Å². The second kappa shape index (κ2) is 4.69. The molecule has 1 aromatic heterocycles. The molecule has 18 heavy (non-hydrogen) atoms. The molecule has 0 amide bonds. The lowest BCUT2D eigenvalue weighted by Gasteiger charge is -2.13. The molecular formula is C15H18N2O. The van der Waals surface area contributed by atoms with Gasteiger partial charge in [-0.3, -0.25) is 4.79 Å². The highest BCUT2D eigenvalue weighted by molar-refractivity contribution is 5.65. The van der Waals surface area contributed by atoms with Gasteiger partial charge in [-0.1, -0.05) is 12.1 Å². The standard InChI is InChI=1S/C15H18N2O/c1-10-9-11(2)15(18)16-14(10)12-5-7-13(8-6-12)17(3)4/h5-9H,1-4H3,(H,16,18). The summed E-state index contributed by atoms with van der Waals surface area (Å²) in [5.41, 5.74) is 4.90. The first-order valence-corrected chi connectivity index (χ1v) is 5.97. The second-order valence-electron chi connectivity index (χ2n) is 4.78. The van der Waals surface area contributed by atoms with E-state index in [0.717, 1.165) is 28.1 Å². The number of aromatic nitrogens is 1. The van der Waals surface area contributed by atoms with Crippen molar-refractivity contribution in [3.05, 3.63) is 51.8 Å². The number of aromatic amines is 1. The molecule has 0 unspecified atom stereocenters. The van der Waals surface area contributed by atoms with Crippen molar-refractivity contribution >= 4 is 5.69 Å². The van der Waals surface area contributed by atoms with E-state index in [1.54, 1.807) is 0 Å². The largest absolute Gasteiger partial charge is 0.378 e. The Morgan fingerprint density at radius 3 is 2.17 bits per heavy atom. The molecule has 2 rings (SSSR count). The van der Waals surface area contributed by atoms with Crippen LogP contribution in [0.3, 0.4) is 0 Å². The molecule has 0 fully saturated rings. The van der Waals surface area contributed by atoms with Crippen LogP contribution >= 0.6 is 0 Å². The summed E-state index contributed by atoms with van der Waals surface area (Å²) >= 11 is 0. The van der Waals surface area contributed by atoms with Crippen LogP contribution in [0.2, 0.25) is 0 Å². The Bertz CT molecular complexity index is 609. The molecule has 0 aliphatic carbocycles. The van der Waals surface area contributed by atoms with E-state index in [2.05, 4.69) is 9.88 Å². The van der Waals surface area contributed by atoms with Crippen LogP contribution in [-0.2, 0) is 0 Å². The van der Waals surface area contributed by atoms with Crippen LogP contribution in [0.4, 0.5) is 5.69 Å². The van der Waals surface area contributed by atoms with Crippen molar-refractivity contribution in [1.29, 1.82) is 0 Å². The van der Waals surface area contributed by atoms with Crippen LogP contribution in [0.15, 0.2) is 35.1 Å². The molecule has 0 saturated heterocycles. The fraction of sp³-hybridized carbons (Fsp3) is 0.267. The van der Waals surface area contributed by atoms with Crippen LogP contribution in [0.25, 0.3) is 11.3 Å². The maximum Gasteiger partial charge on any atom is 0.251 e. The van der Waals surface area contributed by atoms with E-state index in [4.69, 9.17) is 0 Å². The zero-order chi connectivity index (χ0) is 13.3. The quantitative estimate of drug-likeness (QED) is 0.879. The first-order valence-electron chi connectivity index (χ1n) is 5.97. The van der Waals surface area contributed by atoms with Gasteiger partial charge in [0.05, 0.1) is 5.69 Å². The molecule has 3 nitrogen and oxygen atoms in total. The SMILES string of the molecule is Cc1cc(C)c(=O)[nH]c1-c1ccc(N(C)C)cc1. The Kier molecular flexibility index (Phi) is 3.24. The molecule has 0 spiro atoms. The zero-order valence-corrected chi connectivity index (χ0v) is 11.2. The average Bonchev–Trinajstić information content (AvgIpc) is 2.34. The summed E-state index contributed by atoms with van der Waals surface area (Å²) in [4.78, 5) is 16.7. The van der Waals surface area contributed by atoms with Crippen molar-refractivity contribution in [2.75, 3.05) is 19.0 Å². The lowest BCUT2D eigenvalue weighted by atomic mass is 10.0. The minimum Gasteiger partial charge on any atom is -0.378 e. The van der Waals surface area contributed by atoms with Gasteiger partial charge in [-0.05, 0) is 43.2 Å². The highest BCUT2D eigenvalue weighted by Crippen LogP contribution is 2.22. The molecule has 94 valence electrons. The number of nitrogens with one attached hydrogen (secondary N) is 1. The molecule has 1 aromatic carbocycles. The number of benzene rings is 1. The fourth-order valence-corrected chi connectivity index (χ4v) is 2.00. The van der Waals surface area contributed by atoms with Crippen molar-refractivity contribution in [2.24, 2.45) is 0 Å². The number of nitrogens with zero attached hydrogens (tertiary/aromatic N) is 1. The zero-order valence-electron chi connectivity index (χ0n) is 11.2. The number of anilines is 1. The van der Waals surface area contributed by atoms with E-state index in [0.29, 0.717) is 0 Å². The number of rotatable bonds is 2. The predicted molar refractivity (Wildman–Crippen MR) is 76.3 cm³/mol. The van der Waals surface area contributed by atoms with E-state index in [-0.39, 0.29) is 5.56 Å². The van der Waals surface area contributed by atoms with Gasteiger partial charge in [-0.2, -0.15) is 0 Å². The van der Waals surface area contributed by atoms with Crippen molar-refractivity contribution in [3.63, 3.8) is 0 Å². The van der Waals surface area contributed by atoms with Crippen molar-refractivity contribution in [2.45, 2.75) is 13.8 Å². The number of pyridine rings is 1. The van der Waals surface area contributed by atoms with Crippen molar-refractivity contribution < 1.29 is 0 Å². The second-order valence-corrected chi connectivity index (χ2v) is 4.78. The molecule has 0 radical (unpaired) electrons. The van der Waals surface area contributed by atoms with E-state index in [9.17, 15) is 4.79 Å². The van der Waals surface area contributed by atoms with Gasteiger partial charge in [0, 0.05) is 25.3 Å². The molecule has 1 N–H and O–H groups in total. The highest BCUT2D eigenvalue weighted by Gasteiger charge is 2.05. The smallest absolute Gasteiger partial charge is 0.251 e. The molecule has 1 heterocycles. The van der Waals surface area contributed by atoms with Crippen LogP contribution < -0.4 is 10.5 Å². The molecule has 3 heteroatoms. The minimum absolute atomic E-state index is 0.0210. The maximum absolute atomic E-state index is 11.7. The van der Waals surface area contributed by atoms with Crippen LogP contribution in [0.5, 0.6) is 0 Å². The molecule has 0 aliphatic rings. The Hall–Kier alpha value is -2.03. The summed E-state index contributed by atoms with van der Waals surface area (Å²) in [6, 6.07) is 10.1. The number of hydrogen-bond acceptors (Lipinski definition) is 2. The van der Waals surface area contributed by atoms with E-state index < -0.39 is 0 Å². The van der Waals surface area contributed by atoms with Crippen molar-refractivity contribution in [3.8, 4) is 11.3 Å². The first-order chi connectivity index (χ1) is 8.49. The molecular weight excluding hydrogens is 224 g/mol. The van der Waals surface area contributed by atoms with E-state index in [1.807, 2.05) is 58.3 Å². The summed E-state index contributed by atoms with van der Waals surface area (Å²) in [5.74, 6) is 0. The van der Waals surface area contributed by atoms with Gasteiger partial charge in [0.1, 0.15) is 0 Å². The fourth-order valence-electron chi connectivity index (χ4n) is 2.00. The topological polar surface area (TPSA) is 36.1 Å². The highest BCUT2D eigenvalue weighted by atomic mass is 16.1. The lowest BCUT2D eigenvalue weighted by molar-refractivity contribution is 1.13. The number of aryl methyl sites for hydroxylation is 2. The van der Waals surface area contributed by atoms with Gasteiger partial charge in [-0.25, -0.2) is 0 Å². The van der Waals surface area contributed by atoms with E-state index >= 15 is 0 Å². The summed E-state index contributed by atoms with van der Waals surface area (Å²) in [6.07, 6.45) is 0. The average molecular weight is 242 g/mol. The first kappa shape index (κ1) is 12.4. The summed E-state index contributed by atoms with van der Waals surface area (Å²) in [7, 11) is 4.02. The van der Waals surface area contributed by atoms with E-state index in [1.165, 1.54) is 0 Å². The summed E-state index contributed by atoms with van der Waals surface area (Å²) in [6.45, 7) is 3.84. The van der Waals surface area contributed by atoms with Gasteiger partial charge < -0.3 is 9.88 Å². The van der Waals surface area contributed by atoms with Gasteiger partial charge in [0.25, 0.3) is 5.56 Å². The van der Waals surface area contributed by atoms with Gasteiger partial charge in [0.15, 0.2) is 0 Å². The van der Waals surface area contributed by atoms with Gasteiger partial charge in [0.2, 0.25) is 0 Å². The number of hydrogen-bond donors (Lipinski definition) is 1. The third kappa shape index (κ3) is 2.30. The van der Waals surface area contributed by atoms with Crippen LogP contribution in [0, 0.1) is 13.8 Å². The number of H-pyrrole nitrogens is 1. The predicted octanol–water partition coefficient (Wildman–Crippen LogP) is 2.72. The molecule has 0 bridgehead atoms. The molecule has 2 aromatic rings. The molecule has 0 atom stereocenters. The Morgan fingerprint density at radius 1 is 1.00 bits per heavy atom. The molecule has 0 saturated carbocycles. The lowest BCUT2D eigenvalue weighted by Crippen LogP contribution is -2.11. The van der Waals surface area contributed by atoms with Crippen molar-refractivity contribution in [1.82, 2.24) is 4.98 Å².